The minimum absolute atomic E-state index is 0.101. The lowest BCUT2D eigenvalue weighted by molar-refractivity contribution is 0.0999. The first-order chi connectivity index (χ1) is 7.63. The lowest BCUT2D eigenvalue weighted by Gasteiger charge is -1.96. The smallest absolute Gasteiger partial charge is 0.179 e. The number of carbonyl (C=O) groups excluding carboxylic acids is 1. The predicted molar refractivity (Wildman–Crippen MR) is 62.6 cm³/mol. The lowest BCUT2D eigenvalue weighted by atomic mass is 10.1. The van der Waals surface area contributed by atoms with Gasteiger partial charge in [0, 0.05) is 27.2 Å². The molecule has 0 saturated heterocycles. The van der Waals surface area contributed by atoms with Crippen molar-refractivity contribution >= 4 is 28.3 Å². The Hall–Kier alpha value is -1.79. The van der Waals surface area contributed by atoms with E-state index in [1.54, 1.807) is 18.2 Å². The second-order valence-electron chi connectivity index (χ2n) is 3.57. The number of nitrogens with zero attached hydrogens (tertiary/aromatic N) is 1. The summed E-state index contributed by atoms with van der Waals surface area (Å²) >= 11 is 5.86. The molecule has 2 aromatic rings. The van der Waals surface area contributed by atoms with Gasteiger partial charge in [-0.15, -0.1) is 0 Å². The van der Waals surface area contributed by atoms with Crippen LogP contribution in [0.5, 0.6) is 0 Å². The zero-order valence-electron chi connectivity index (χ0n) is 8.67. The van der Waals surface area contributed by atoms with E-state index in [-0.39, 0.29) is 12.2 Å². The lowest BCUT2D eigenvalue weighted by Crippen LogP contribution is -1.98. The molecule has 2 rings (SSSR count). The molecule has 0 fully saturated rings. The van der Waals surface area contributed by atoms with Gasteiger partial charge in [0.05, 0.1) is 12.5 Å². The van der Waals surface area contributed by atoms with Crippen molar-refractivity contribution in [2.24, 2.45) is 0 Å². The molecular formula is C12H9ClN2O. The maximum Gasteiger partial charge on any atom is 0.179 e. The Morgan fingerprint density at radius 1 is 1.56 bits per heavy atom. The summed E-state index contributed by atoms with van der Waals surface area (Å²) < 4.78 is 0. The molecule has 0 saturated carbocycles. The van der Waals surface area contributed by atoms with Gasteiger partial charge in [0.15, 0.2) is 5.78 Å². The van der Waals surface area contributed by atoms with Crippen LogP contribution in [-0.4, -0.2) is 10.8 Å². The molecule has 80 valence electrons. The van der Waals surface area contributed by atoms with E-state index in [1.807, 2.05) is 13.0 Å². The van der Waals surface area contributed by atoms with E-state index >= 15 is 0 Å². The van der Waals surface area contributed by atoms with E-state index in [4.69, 9.17) is 16.9 Å². The summed E-state index contributed by atoms with van der Waals surface area (Å²) in [6, 6.07) is 7.17. The van der Waals surface area contributed by atoms with Crippen LogP contribution in [0, 0.1) is 18.3 Å². The third-order valence-corrected chi connectivity index (χ3v) is 2.70. The molecule has 1 aromatic carbocycles. The van der Waals surface area contributed by atoms with Gasteiger partial charge in [0.2, 0.25) is 0 Å². The van der Waals surface area contributed by atoms with Gasteiger partial charge in [-0.1, -0.05) is 17.7 Å². The number of nitriles is 1. The fourth-order valence-corrected chi connectivity index (χ4v) is 2.00. The van der Waals surface area contributed by atoms with Crippen LogP contribution in [0.3, 0.4) is 0 Å². The number of nitrogens with one attached hydrogen (secondary N) is 1. The first-order valence-corrected chi connectivity index (χ1v) is 5.19. The standard InChI is InChI=1S/C12H9ClN2O/c1-7-12(11(16)4-5-14)9-3-2-8(13)6-10(9)15-7/h2-3,6,15H,4H2,1H3. The van der Waals surface area contributed by atoms with E-state index < -0.39 is 0 Å². The Morgan fingerprint density at radius 3 is 3.00 bits per heavy atom. The van der Waals surface area contributed by atoms with Gasteiger partial charge in [-0.3, -0.25) is 4.79 Å². The number of aromatic nitrogens is 1. The number of halogens is 1. The summed E-state index contributed by atoms with van der Waals surface area (Å²) in [6.07, 6.45) is -0.101. The maximum absolute atomic E-state index is 11.8. The fourth-order valence-electron chi connectivity index (χ4n) is 1.82. The zero-order chi connectivity index (χ0) is 11.7. The number of carbonyl (C=O) groups is 1. The molecule has 0 amide bonds. The van der Waals surface area contributed by atoms with Crippen LogP contribution in [0.2, 0.25) is 5.02 Å². The molecule has 1 N–H and O–H groups in total. The number of rotatable bonds is 2. The number of Topliss-reactive ketones (excluding diaryl/α,β-unsaturated/α-hetero) is 1. The third-order valence-electron chi connectivity index (χ3n) is 2.47. The highest BCUT2D eigenvalue weighted by atomic mass is 35.5. The summed E-state index contributed by atoms with van der Waals surface area (Å²) in [6.45, 7) is 1.82. The van der Waals surface area contributed by atoms with Crippen LogP contribution in [0.15, 0.2) is 18.2 Å². The molecule has 0 radical (unpaired) electrons. The number of fused-ring (bicyclic) bond motifs is 1. The first kappa shape index (κ1) is 10.7. The van der Waals surface area contributed by atoms with Crippen molar-refractivity contribution in [2.45, 2.75) is 13.3 Å². The second kappa shape index (κ2) is 3.99. The summed E-state index contributed by atoms with van der Waals surface area (Å²) in [5.41, 5.74) is 2.19. The second-order valence-corrected chi connectivity index (χ2v) is 4.01. The molecule has 16 heavy (non-hydrogen) atoms. The molecule has 0 aliphatic rings. The predicted octanol–water partition coefficient (Wildman–Crippen LogP) is 3.23. The fraction of sp³-hybridized carbons (Fsp3) is 0.167. The SMILES string of the molecule is Cc1[nH]c2cc(Cl)ccc2c1C(=O)CC#N. The van der Waals surface area contributed by atoms with Crippen molar-refractivity contribution in [1.82, 2.24) is 4.98 Å². The summed E-state index contributed by atoms with van der Waals surface area (Å²) in [5, 5.41) is 9.98. The first-order valence-electron chi connectivity index (χ1n) is 4.81. The van der Waals surface area contributed by atoms with E-state index in [0.717, 1.165) is 16.6 Å². The van der Waals surface area contributed by atoms with Crippen molar-refractivity contribution in [1.29, 1.82) is 5.26 Å². The number of aromatic amines is 1. The highest BCUT2D eigenvalue weighted by Crippen LogP contribution is 2.25. The molecule has 1 heterocycles. The third kappa shape index (κ3) is 1.68. The minimum Gasteiger partial charge on any atom is -0.358 e. The molecule has 0 aliphatic heterocycles. The number of ketones is 1. The number of aryl methyl sites for hydroxylation is 1. The number of hydrogen-bond donors (Lipinski definition) is 1. The maximum atomic E-state index is 11.8. The summed E-state index contributed by atoms with van der Waals surface area (Å²) in [4.78, 5) is 14.8. The van der Waals surface area contributed by atoms with Crippen molar-refractivity contribution in [3.63, 3.8) is 0 Å². The van der Waals surface area contributed by atoms with Gasteiger partial charge >= 0.3 is 0 Å². The molecule has 3 nitrogen and oxygen atoms in total. The van der Waals surface area contributed by atoms with Gasteiger partial charge in [-0.05, 0) is 19.1 Å². The summed E-state index contributed by atoms with van der Waals surface area (Å²) in [5.74, 6) is -0.159. The van der Waals surface area contributed by atoms with Gasteiger partial charge in [0.25, 0.3) is 0 Å². The van der Waals surface area contributed by atoms with Gasteiger partial charge in [-0.2, -0.15) is 5.26 Å². The van der Waals surface area contributed by atoms with Crippen LogP contribution in [-0.2, 0) is 0 Å². The topological polar surface area (TPSA) is 56.6 Å². The van der Waals surface area contributed by atoms with E-state index in [2.05, 4.69) is 4.98 Å². The Bertz CT molecular complexity index is 607. The largest absolute Gasteiger partial charge is 0.358 e. The van der Waals surface area contributed by atoms with Gasteiger partial charge < -0.3 is 4.98 Å². The Morgan fingerprint density at radius 2 is 2.31 bits per heavy atom. The van der Waals surface area contributed by atoms with Crippen molar-refractivity contribution in [3.8, 4) is 6.07 Å². The molecular weight excluding hydrogens is 224 g/mol. The van der Waals surface area contributed by atoms with Gasteiger partial charge in [0.1, 0.15) is 0 Å². The Labute approximate surface area is 97.6 Å². The minimum atomic E-state index is -0.159. The van der Waals surface area contributed by atoms with Crippen molar-refractivity contribution in [2.75, 3.05) is 0 Å². The quantitative estimate of drug-likeness (QED) is 0.809. The molecule has 0 bridgehead atoms. The van der Waals surface area contributed by atoms with Crippen LogP contribution < -0.4 is 0 Å². The number of hydrogen-bond acceptors (Lipinski definition) is 2. The van der Waals surface area contributed by atoms with Crippen molar-refractivity contribution in [3.05, 3.63) is 34.5 Å². The highest BCUT2D eigenvalue weighted by molar-refractivity contribution is 6.31. The number of benzene rings is 1. The Kier molecular flexibility index (Phi) is 2.67. The van der Waals surface area contributed by atoms with Crippen LogP contribution in [0.25, 0.3) is 10.9 Å². The van der Waals surface area contributed by atoms with E-state index in [9.17, 15) is 4.79 Å². The molecule has 0 unspecified atom stereocenters. The van der Waals surface area contributed by atoms with Gasteiger partial charge in [-0.25, -0.2) is 0 Å². The average Bonchev–Trinajstić information content (AvgIpc) is 2.53. The van der Waals surface area contributed by atoms with E-state index in [1.165, 1.54) is 0 Å². The molecule has 0 aliphatic carbocycles. The zero-order valence-corrected chi connectivity index (χ0v) is 9.43. The summed E-state index contributed by atoms with van der Waals surface area (Å²) in [7, 11) is 0. The molecule has 0 atom stereocenters. The molecule has 1 aromatic heterocycles. The van der Waals surface area contributed by atoms with Crippen LogP contribution in [0.1, 0.15) is 22.5 Å². The van der Waals surface area contributed by atoms with E-state index in [0.29, 0.717) is 10.6 Å². The van der Waals surface area contributed by atoms with Crippen LogP contribution in [0.4, 0.5) is 0 Å². The Balaban J connectivity index is 2.66. The molecule has 4 heteroatoms. The van der Waals surface area contributed by atoms with Crippen molar-refractivity contribution < 1.29 is 4.79 Å². The monoisotopic (exact) mass is 232 g/mol. The average molecular weight is 233 g/mol. The highest BCUT2D eigenvalue weighted by Gasteiger charge is 2.15. The van der Waals surface area contributed by atoms with Crippen LogP contribution >= 0.6 is 11.6 Å². The normalized spacial score (nSPS) is 10.3. The molecule has 0 spiro atoms. The number of H-pyrrole nitrogens is 1.